The molecular weight excluding hydrogens is 605 g/mol. The van der Waals surface area contributed by atoms with Crippen molar-refractivity contribution in [2.45, 2.75) is 161 Å². The minimum atomic E-state index is -4.61. The molecule has 0 aliphatic heterocycles. The standard InChI is InChI=1S/C36H70NO8P/c1-6-8-10-12-14-15-16-17-18-19-20-21-23-25-27-29-36(39)45-34(33-44-46(40,41)43-31-30-37(3,4)5)32-42-35(38)28-26-24-22-13-11-9-7-2/h15-16,34H,6-14,17-33H2,1-5H3/b16-15+/t34-/m1/s1. The van der Waals surface area contributed by atoms with Crippen LogP contribution in [0.3, 0.4) is 0 Å². The third-order valence-corrected chi connectivity index (χ3v) is 8.75. The summed E-state index contributed by atoms with van der Waals surface area (Å²) >= 11 is 0. The third kappa shape index (κ3) is 32.7. The molecule has 0 saturated heterocycles. The molecule has 0 fully saturated rings. The first-order chi connectivity index (χ1) is 22.0. The van der Waals surface area contributed by atoms with E-state index in [-0.39, 0.29) is 26.1 Å². The largest absolute Gasteiger partial charge is 0.756 e. The lowest BCUT2D eigenvalue weighted by atomic mass is 10.1. The number of likely N-dealkylation sites (N-methyl/N-ethyl adjacent to an activating group) is 1. The summed E-state index contributed by atoms with van der Waals surface area (Å²) in [6, 6.07) is 0. The average molecular weight is 676 g/mol. The summed E-state index contributed by atoms with van der Waals surface area (Å²) < 4.78 is 33.6. The SMILES string of the molecule is CCCCCC/C=C/CCCCCCCCCC(=O)O[C@H](COC(=O)CCCCCCCCC)COP(=O)([O-])OCC[N+](C)(C)C. The predicted molar refractivity (Wildman–Crippen MR) is 185 cm³/mol. The van der Waals surface area contributed by atoms with Crippen LogP contribution in [0.15, 0.2) is 12.2 Å². The zero-order valence-electron chi connectivity index (χ0n) is 30.3. The van der Waals surface area contributed by atoms with Crippen LogP contribution < -0.4 is 4.89 Å². The van der Waals surface area contributed by atoms with Crippen molar-refractivity contribution in [2.75, 3.05) is 47.5 Å². The molecule has 0 rings (SSSR count). The van der Waals surface area contributed by atoms with E-state index >= 15 is 0 Å². The Morgan fingerprint density at radius 1 is 0.652 bits per heavy atom. The number of hydrogen-bond acceptors (Lipinski definition) is 8. The molecule has 0 radical (unpaired) electrons. The van der Waals surface area contributed by atoms with Crippen LogP contribution in [0.2, 0.25) is 0 Å². The van der Waals surface area contributed by atoms with Gasteiger partial charge in [0.2, 0.25) is 0 Å². The Bertz CT molecular complexity index is 814. The van der Waals surface area contributed by atoms with Gasteiger partial charge < -0.3 is 27.9 Å². The number of quaternary nitrogens is 1. The molecule has 9 nitrogen and oxygen atoms in total. The molecular formula is C36H70NO8P. The molecule has 0 amide bonds. The third-order valence-electron chi connectivity index (χ3n) is 7.79. The van der Waals surface area contributed by atoms with Crippen LogP contribution in [0.4, 0.5) is 0 Å². The summed E-state index contributed by atoms with van der Waals surface area (Å²) in [5, 5.41) is 0. The Morgan fingerprint density at radius 2 is 1.11 bits per heavy atom. The van der Waals surface area contributed by atoms with E-state index in [0.717, 1.165) is 44.9 Å². The minimum absolute atomic E-state index is 0.0294. The Kier molecular flexibility index (Phi) is 29.0. The van der Waals surface area contributed by atoms with Crippen molar-refractivity contribution in [1.82, 2.24) is 0 Å². The number of rotatable bonds is 33. The van der Waals surface area contributed by atoms with E-state index < -0.39 is 32.5 Å². The van der Waals surface area contributed by atoms with Gasteiger partial charge in [0.15, 0.2) is 6.10 Å². The molecule has 0 bridgehead atoms. The minimum Gasteiger partial charge on any atom is -0.756 e. The molecule has 272 valence electrons. The Morgan fingerprint density at radius 3 is 1.63 bits per heavy atom. The number of phosphoric acid groups is 1. The van der Waals surface area contributed by atoms with Gasteiger partial charge in [0.05, 0.1) is 27.7 Å². The molecule has 1 unspecified atom stereocenters. The maximum atomic E-state index is 12.6. The van der Waals surface area contributed by atoms with Crippen molar-refractivity contribution in [3.63, 3.8) is 0 Å². The first-order valence-corrected chi connectivity index (χ1v) is 19.9. The zero-order valence-corrected chi connectivity index (χ0v) is 31.2. The molecule has 0 aromatic carbocycles. The number of hydrogen-bond donors (Lipinski definition) is 0. The number of esters is 2. The summed E-state index contributed by atoms with van der Waals surface area (Å²) in [6.45, 7) is 4.14. The topological polar surface area (TPSA) is 111 Å². The van der Waals surface area contributed by atoms with Crippen LogP contribution >= 0.6 is 7.82 Å². The van der Waals surface area contributed by atoms with Gasteiger partial charge in [-0.15, -0.1) is 0 Å². The summed E-state index contributed by atoms with van der Waals surface area (Å²) in [7, 11) is 1.16. The van der Waals surface area contributed by atoms with Gasteiger partial charge in [-0.05, 0) is 38.5 Å². The Hall–Kier alpha value is -1.25. The lowest BCUT2D eigenvalue weighted by Gasteiger charge is -2.28. The van der Waals surface area contributed by atoms with Gasteiger partial charge in [0, 0.05) is 12.8 Å². The van der Waals surface area contributed by atoms with Crippen molar-refractivity contribution in [2.24, 2.45) is 0 Å². The van der Waals surface area contributed by atoms with E-state index in [2.05, 4.69) is 26.0 Å². The summed E-state index contributed by atoms with van der Waals surface area (Å²) in [5.41, 5.74) is 0. The van der Waals surface area contributed by atoms with Crippen LogP contribution in [-0.4, -0.2) is 70.0 Å². The Balaban J connectivity index is 4.40. The fourth-order valence-electron chi connectivity index (χ4n) is 4.82. The average Bonchev–Trinajstić information content (AvgIpc) is 2.99. The number of unbranched alkanes of at least 4 members (excludes halogenated alkanes) is 17. The highest BCUT2D eigenvalue weighted by atomic mass is 31.2. The quantitative estimate of drug-likeness (QED) is 0.0223. The Labute approximate surface area is 282 Å². The summed E-state index contributed by atoms with van der Waals surface area (Å²) in [5.74, 6) is -0.845. The normalized spacial score (nSPS) is 14.0. The van der Waals surface area contributed by atoms with Crippen LogP contribution in [0.5, 0.6) is 0 Å². The monoisotopic (exact) mass is 675 g/mol. The predicted octanol–water partition coefficient (Wildman–Crippen LogP) is 8.83. The van der Waals surface area contributed by atoms with Gasteiger partial charge in [0.25, 0.3) is 7.82 Å². The smallest absolute Gasteiger partial charge is 0.306 e. The maximum absolute atomic E-state index is 12.6. The molecule has 0 heterocycles. The van der Waals surface area contributed by atoms with Gasteiger partial charge >= 0.3 is 11.9 Å². The van der Waals surface area contributed by atoms with Crippen molar-refractivity contribution < 1.29 is 42.1 Å². The van der Waals surface area contributed by atoms with Crippen LogP contribution in [0.25, 0.3) is 0 Å². The molecule has 0 N–H and O–H groups in total. The second-order valence-electron chi connectivity index (χ2n) is 13.6. The molecule has 0 aliphatic carbocycles. The highest BCUT2D eigenvalue weighted by Gasteiger charge is 2.21. The zero-order chi connectivity index (χ0) is 34.4. The molecule has 0 spiro atoms. The van der Waals surface area contributed by atoms with Gasteiger partial charge in [-0.2, -0.15) is 0 Å². The van der Waals surface area contributed by atoms with Gasteiger partial charge in [0.1, 0.15) is 19.8 Å². The van der Waals surface area contributed by atoms with Crippen LogP contribution in [-0.2, 0) is 32.7 Å². The number of nitrogens with zero attached hydrogens (tertiary/aromatic N) is 1. The number of phosphoric ester groups is 1. The summed E-state index contributed by atoms with van der Waals surface area (Å²) in [6.07, 6.45) is 26.8. The number of carbonyl (C=O) groups excluding carboxylic acids is 2. The second-order valence-corrected chi connectivity index (χ2v) is 15.0. The highest BCUT2D eigenvalue weighted by molar-refractivity contribution is 7.45. The molecule has 2 atom stereocenters. The van der Waals surface area contributed by atoms with Gasteiger partial charge in [-0.1, -0.05) is 116 Å². The van der Waals surface area contributed by atoms with E-state index in [0.29, 0.717) is 17.4 Å². The van der Waals surface area contributed by atoms with Gasteiger partial charge in [-0.25, -0.2) is 0 Å². The van der Waals surface area contributed by atoms with Crippen molar-refractivity contribution in [3.8, 4) is 0 Å². The molecule has 0 aliphatic rings. The van der Waals surface area contributed by atoms with E-state index in [1.165, 1.54) is 77.0 Å². The van der Waals surface area contributed by atoms with E-state index in [1.54, 1.807) is 0 Å². The number of ether oxygens (including phenoxy) is 2. The molecule has 0 saturated carbocycles. The number of carbonyl (C=O) groups is 2. The van der Waals surface area contributed by atoms with Crippen molar-refractivity contribution in [1.29, 1.82) is 0 Å². The fraction of sp³-hybridized carbons (Fsp3) is 0.889. The summed E-state index contributed by atoms with van der Waals surface area (Å²) in [4.78, 5) is 37.1. The first kappa shape index (κ1) is 44.8. The fourth-order valence-corrected chi connectivity index (χ4v) is 5.55. The number of allylic oxidation sites excluding steroid dienone is 2. The van der Waals surface area contributed by atoms with E-state index in [9.17, 15) is 19.0 Å². The van der Waals surface area contributed by atoms with Crippen LogP contribution in [0, 0.1) is 0 Å². The first-order valence-electron chi connectivity index (χ1n) is 18.4. The highest BCUT2D eigenvalue weighted by Crippen LogP contribution is 2.38. The van der Waals surface area contributed by atoms with E-state index in [4.69, 9.17) is 18.5 Å². The van der Waals surface area contributed by atoms with E-state index in [1.807, 2.05) is 21.1 Å². The van der Waals surface area contributed by atoms with Gasteiger partial charge in [-0.3, -0.25) is 14.2 Å². The molecule has 0 aromatic heterocycles. The molecule has 10 heteroatoms. The lowest BCUT2D eigenvalue weighted by molar-refractivity contribution is -0.870. The van der Waals surface area contributed by atoms with Crippen molar-refractivity contribution in [3.05, 3.63) is 12.2 Å². The maximum Gasteiger partial charge on any atom is 0.306 e. The molecule has 46 heavy (non-hydrogen) atoms. The lowest BCUT2D eigenvalue weighted by Crippen LogP contribution is -2.37. The molecule has 0 aromatic rings. The van der Waals surface area contributed by atoms with Crippen LogP contribution in [0.1, 0.15) is 155 Å². The van der Waals surface area contributed by atoms with Crippen molar-refractivity contribution >= 4 is 19.8 Å². The second kappa shape index (κ2) is 29.9.